The van der Waals surface area contributed by atoms with Crippen LogP contribution in [0.5, 0.6) is 0 Å². The number of hydrogen-bond donors (Lipinski definition) is 2. The molecule has 0 saturated heterocycles. The lowest BCUT2D eigenvalue weighted by Crippen LogP contribution is -2.33. The Morgan fingerprint density at radius 1 is 1.14 bits per heavy atom. The molecule has 0 fully saturated rings. The molecule has 0 aliphatic heterocycles. The van der Waals surface area contributed by atoms with Crippen LogP contribution in [0.25, 0.3) is 10.9 Å². The molecule has 1 atom stereocenters. The normalized spacial score (nSPS) is 12.3. The summed E-state index contributed by atoms with van der Waals surface area (Å²) in [5, 5.41) is 3.51. The summed E-state index contributed by atoms with van der Waals surface area (Å²) in [5.74, 6) is 0.972. The Kier molecular flexibility index (Phi) is 6.77. The van der Waals surface area contributed by atoms with Gasteiger partial charge in [0.15, 0.2) is 0 Å². The molecule has 1 aromatic heterocycles. The number of para-hydroxylation sites is 1. The van der Waals surface area contributed by atoms with Crippen molar-refractivity contribution in [2.45, 2.75) is 39.7 Å². The Labute approximate surface area is 171 Å². The minimum Gasteiger partial charge on any atom is -0.325 e. The second-order valence-electron chi connectivity index (χ2n) is 7.31. The molecule has 152 valence electrons. The Bertz CT molecular complexity index is 1030. The topological polar surface area (TPSA) is 78.1 Å². The summed E-state index contributed by atoms with van der Waals surface area (Å²) in [6.45, 7) is 7.62. The van der Waals surface area contributed by atoms with Crippen LogP contribution in [0.4, 0.5) is 5.69 Å². The van der Waals surface area contributed by atoms with Crippen molar-refractivity contribution in [3.63, 3.8) is 0 Å². The van der Waals surface area contributed by atoms with E-state index in [1.165, 1.54) is 5.56 Å². The molecular weight excluding hydrogens is 364 g/mol. The first-order valence-electron chi connectivity index (χ1n) is 10.1. The zero-order chi connectivity index (χ0) is 20.8. The van der Waals surface area contributed by atoms with Gasteiger partial charge in [0.25, 0.3) is 5.56 Å². The molecule has 3 rings (SSSR count). The Morgan fingerprint density at radius 2 is 1.86 bits per heavy atom. The summed E-state index contributed by atoms with van der Waals surface area (Å²) in [7, 11) is 0. The highest BCUT2D eigenvalue weighted by atomic mass is 16.2. The fourth-order valence-corrected chi connectivity index (χ4v) is 3.24. The van der Waals surface area contributed by atoms with Crippen molar-refractivity contribution < 1.29 is 4.79 Å². The number of amides is 1. The number of hydrogen-bond acceptors (Lipinski definition) is 4. The molecular formula is C23H28N4O2. The summed E-state index contributed by atoms with van der Waals surface area (Å²) in [6, 6.07) is 15.3. The predicted molar refractivity (Wildman–Crippen MR) is 117 cm³/mol. The molecule has 0 unspecified atom stereocenters. The third-order valence-corrected chi connectivity index (χ3v) is 5.23. The van der Waals surface area contributed by atoms with Crippen LogP contribution in [0.1, 0.15) is 44.5 Å². The largest absolute Gasteiger partial charge is 0.325 e. The molecule has 0 aliphatic carbocycles. The Hall–Kier alpha value is -2.99. The van der Waals surface area contributed by atoms with E-state index < -0.39 is 0 Å². The van der Waals surface area contributed by atoms with Crippen LogP contribution < -0.4 is 10.9 Å². The first kappa shape index (κ1) is 20.7. The molecule has 2 N–H and O–H groups in total. The maximum atomic E-state index is 12.5. The fraction of sp³-hybridized carbons (Fsp3) is 0.348. The van der Waals surface area contributed by atoms with Gasteiger partial charge in [0.1, 0.15) is 5.82 Å². The average Bonchev–Trinajstić information content (AvgIpc) is 2.73. The van der Waals surface area contributed by atoms with Crippen LogP contribution in [0.15, 0.2) is 53.3 Å². The van der Waals surface area contributed by atoms with Gasteiger partial charge in [-0.25, -0.2) is 4.98 Å². The van der Waals surface area contributed by atoms with E-state index in [4.69, 9.17) is 0 Å². The van der Waals surface area contributed by atoms with Crippen LogP contribution >= 0.6 is 0 Å². The molecule has 6 heteroatoms. The number of rotatable bonds is 8. The van der Waals surface area contributed by atoms with Gasteiger partial charge in [0.05, 0.1) is 24.0 Å². The average molecular weight is 393 g/mol. The molecule has 3 aromatic rings. The van der Waals surface area contributed by atoms with Gasteiger partial charge < -0.3 is 10.3 Å². The number of benzene rings is 2. The number of likely N-dealkylation sites (N-methyl/N-ethyl adjacent to an activating group) is 1. The fourth-order valence-electron chi connectivity index (χ4n) is 3.24. The van der Waals surface area contributed by atoms with E-state index in [9.17, 15) is 9.59 Å². The number of anilines is 1. The lowest BCUT2D eigenvalue weighted by Gasteiger charge is -2.19. The number of H-pyrrole nitrogens is 1. The zero-order valence-electron chi connectivity index (χ0n) is 17.2. The first-order chi connectivity index (χ1) is 14.0. The van der Waals surface area contributed by atoms with E-state index in [0.29, 0.717) is 35.7 Å². The van der Waals surface area contributed by atoms with Gasteiger partial charge in [-0.2, -0.15) is 0 Å². The first-order valence-corrected chi connectivity index (χ1v) is 10.1. The van der Waals surface area contributed by atoms with Crippen molar-refractivity contribution >= 4 is 22.5 Å². The van der Waals surface area contributed by atoms with Crippen molar-refractivity contribution in [1.29, 1.82) is 0 Å². The number of fused-ring (bicyclic) bond motifs is 1. The van der Waals surface area contributed by atoms with Gasteiger partial charge in [0.2, 0.25) is 5.91 Å². The summed E-state index contributed by atoms with van der Waals surface area (Å²) in [6.07, 6.45) is 1.09. The van der Waals surface area contributed by atoms with Gasteiger partial charge in [-0.15, -0.1) is 0 Å². The van der Waals surface area contributed by atoms with E-state index in [2.05, 4.69) is 41.3 Å². The number of carbonyl (C=O) groups is 1. The van der Waals surface area contributed by atoms with E-state index in [1.807, 2.05) is 42.2 Å². The van der Waals surface area contributed by atoms with E-state index in [-0.39, 0.29) is 18.0 Å². The van der Waals surface area contributed by atoms with Crippen molar-refractivity contribution in [3.8, 4) is 0 Å². The molecule has 29 heavy (non-hydrogen) atoms. The van der Waals surface area contributed by atoms with Crippen molar-refractivity contribution in [2.75, 3.05) is 18.4 Å². The van der Waals surface area contributed by atoms with Crippen LogP contribution in [-0.4, -0.2) is 33.9 Å². The summed E-state index contributed by atoms with van der Waals surface area (Å²) in [4.78, 5) is 34.0. The highest BCUT2D eigenvalue weighted by Crippen LogP contribution is 2.20. The number of aromatic nitrogens is 2. The number of aromatic amines is 1. The van der Waals surface area contributed by atoms with Gasteiger partial charge in [0, 0.05) is 5.69 Å². The van der Waals surface area contributed by atoms with Crippen LogP contribution in [0.2, 0.25) is 0 Å². The standard InChI is InChI=1S/C23H28N4O2/c1-4-16(3)17-10-12-18(13-11-17)24-22(28)15-27(5-2)14-21-25-20-9-7-6-8-19(20)23(29)26-21/h6-13,16H,4-5,14-15H2,1-3H3,(H,24,28)(H,25,26,29)/t16-/m1/s1. The van der Waals surface area contributed by atoms with Crippen molar-refractivity contribution in [2.24, 2.45) is 0 Å². The second-order valence-corrected chi connectivity index (χ2v) is 7.31. The minimum atomic E-state index is -0.160. The molecule has 1 amide bonds. The summed E-state index contributed by atoms with van der Waals surface area (Å²) in [5.41, 5.74) is 2.56. The number of nitrogens with zero attached hydrogens (tertiary/aromatic N) is 2. The molecule has 0 aliphatic rings. The van der Waals surface area contributed by atoms with Crippen LogP contribution in [-0.2, 0) is 11.3 Å². The smallest absolute Gasteiger partial charge is 0.258 e. The van der Waals surface area contributed by atoms with Gasteiger partial charge >= 0.3 is 0 Å². The highest BCUT2D eigenvalue weighted by molar-refractivity contribution is 5.92. The van der Waals surface area contributed by atoms with Crippen LogP contribution in [0, 0.1) is 0 Å². The maximum Gasteiger partial charge on any atom is 0.258 e. The SMILES string of the molecule is CC[C@@H](C)c1ccc(NC(=O)CN(CC)Cc2nc3ccccc3c(=O)[nH]2)cc1. The zero-order valence-corrected chi connectivity index (χ0v) is 17.2. The van der Waals surface area contributed by atoms with E-state index >= 15 is 0 Å². The third-order valence-electron chi connectivity index (χ3n) is 5.23. The molecule has 0 radical (unpaired) electrons. The van der Waals surface area contributed by atoms with E-state index in [0.717, 1.165) is 12.1 Å². The summed E-state index contributed by atoms with van der Waals surface area (Å²) < 4.78 is 0. The van der Waals surface area contributed by atoms with Gasteiger partial charge in [-0.1, -0.05) is 45.0 Å². The second kappa shape index (κ2) is 9.47. The molecule has 2 aromatic carbocycles. The Balaban J connectivity index is 1.63. The quantitative estimate of drug-likeness (QED) is 0.609. The van der Waals surface area contributed by atoms with Crippen molar-refractivity contribution in [3.05, 3.63) is 70.3 Å². The molecule has 0 spiro atoms. The maximum absolute atomic E-state index is 12.5. The minimum absolute atomic E-state index is 0.0914. The van der Waals surface area contributed by atoms with Crippen molar-refractivity contribution in [1.82, 2.24) is 14.9 Å². The lowest BCUT2D eigenvalue weighted by atomic mass is 9.99. The monoisotopic (exact) mass is 392 g/mol. The number of carbonyl (C=O) groups excluding carboxylic acids is 1. The van der Waals surface area contributed by atoms with E-state index in [1.54, 1.807) is 6.07 Å². The van der Waals surface area contributed by atoms with Gasteiger partial charge in [-0.3, -0.25) is 14.5 Å². The molecule has 6 nitrogen and oxygen atoms in total. The predicted octanol–water partition coefficient (Wildman–Crippen LogP) is 3.90. The lowest BCUT2D eigenvalue weighted by molar-refractivity contribution is -0.117. The third kappa shape index (κ3) is 5.29. The molecule has 1 heterocycles. The van der Waals surface area contributed by atoms with Crippen LogP contribution in [0.3, 0.4) is 0 Å². The Morgan fingerprint density at radius 3 is 2.55 bits per heavy atom. The summed E-state index contributed by atoms with van der Waals surface area (Å²) >= 11 is 0. The highest BCUT2D eigenvalue weighted by Gasteiger charge is 2.13. The molecule has 0 saturated carbocycles. The molecule has 0 bridgehead atoms. The number of nitrogens with one attached hydrogen (secondary N) is 2. The van der Waals surface area contributed by atoms with Gasteiger partial charge in [-0.05, 0) is 48.7 Å².